The number of hydrogen-bond acceptors (Lipinski definition) is 3. The second-order valence-corrected chi connectivity index (χ2v) is 5.43. The summed E-state index contributed by atoms with van der Waals surface area (Å²) >= 11 is 2.05. The molecule has 0 amide bonds. The molecule has 0 aromatic heterocycles. The van der Waals surface area contributed by atoms with E-state index in [1.165, 1.54) is 35.6 Å². The molecule has 0 saturated carbocycles. The molecule has 88 valence electrons. The fraction of sp³-hybridized carbons (Fsp3) is 0.538. The lowest BCUT2D eigenvalue weighted by atomic mass is 10.1. The van der Waals surface area contributed by atoms with Crippen molar-refractivity contribution in [2.24, 2.45) is 0 Å². The molecule has 2 rings (SSSR count). The maximum Gasteiger partial charge on any atom is 0.0471 e. The molecule has 0 aliphatic carbocycles. The van der Waals surface area contributed by atoms with Gasteiger partial charge in [0.25, 0.3) is 0 Å². The second-order valence-electron chi connectivity index (χ2n) is 4.20. The van der Waals surface area contributed by atoms with E-state index in [1.54, 1.807) is 0 Å². The number of hydrogen-bond donors (Lipinski definition) is 2. The van der Waals surface area contributed by atoms with Gasteiger partial charge in [0.1, 0.15) is 0 Å². The Balaban J connectivity index is 1.88. The summed E-state index contributed by atoms with van der Waals surface area (Å²) in [7, 11) is 0. The molecule has 1 aliphatic heterocycles. The second kappa shape index (κ2) is 6.16. The first-order valence-electron chi connectivity index (χ1n) is 5.92. The normalized spacial score (nSPS) is 17.3. The van der Waals surface area contributed by atoms with Gasteiger partial charge in [-0.15, -0.1) is 0 Å². The predicted molar refractivity (Wildman–Crippen MR) is 71.2 cm³/mol. The van der Waals surface area contributed by atoms with Crippen LogP contribution in [0.4, 0.5) is 5.69 Å². The topological polar surface area (TPSA) is 32.3 Å². The summed E-state index contributed by atoms with van der Waals surface area (Å²) in [5, 5.41) is 12.4. The number of aliphatic hydroxyl groups excluding tert-OH is 1. The summed E-state index contributed by atoms with van der Waals surface area (Å²) in [6.45, 7) is 0.229. The molecule has 0 atom stereocenters. The summed E-state index contributed by atoms with van der Waals surface area (Å²) in [5.74, 6) is 2.56. The predicted octanol–water partition coefficient (Wildman–Crippen LogP) is 2.53. The molecule has 2 nitrogen and oxygen atoms in total. The molecular formula is C13H19NOS. The highest BCUT2D eigenvalue weighted by atomic mass is 32.2. The van der Waals surface area contributed by atoms with Crippen molar-refractivity contribution in [3.8, 4) is 0 Å². The van der Waals surface area contributed by atoms with E-state index < -0.39 is 0 Å². The molecule has 16 heavy (non-hydrogen) atoms. The van der Waals surface area contributed by atoms with Crippen molar-refractivity contribution in [2.75, 3.05) is 23.4 Å². The summed E-state index contributed by atoms with van der Waals surface area (Å²) in [5.41, 5.74) is 2.41. The zero-order chi connectivity index (χ0) is 11.2. The monoisotopic (exact) mass is 237 g/mol. The van der Waals surface area contributed by atoms with Crippen LogP contribution in [0.1, 0.15) is 18.4 Å². The van der Waals surface area contributed by atoms with Gasteiger partial charge in [-0.1, -0.05) is 12.1 Å². The minimum atomic E-state index is 0.229. The lowest BCUT2D eigenvalue weighted by molar-refractivity contribution is 0.299. The van der Waals surface area contributed by atoms with Crippen LogP contribution in [0.5, 0.6) is 0 Å². The molecule has 1 aromatic carbocycles. The van der Waals surface area contributed by atoms with E-state index in [1.807, 2.05) is 0 Å². The van der Waals surface area contributed by atoms with Crippen LogP contribution in [-0.4, -0.2) is 29.3 Å². The average molecular weight is 237 g/mol. The molecule has 1 heterocycles. The van der Waals surface area contributed by atoms with E-state index in [4.69, 9.17) is 5.11 Å². The average Bonchev–Trinajstić information content (AvgIpc) is 2.33. The molecule has 3 heteroatoms. The lowest BCUT2D eigenvalue weighted by Gasteiger charge is -2.23. The fourth-order valence-corrected chi connectivity index (χ4v) is 3.08. The molecule has 1 saturated heterocycles. The van der Waals surface area contributed by atoms with E-state index in [9.17, 15) is 0 Å². The minimum Gasteiger partial charge on any atom is -0.396 e. The number of nitrogens with one attached hydrogen (secondary N) is 1. The molecule has 1 aliphatic rings. The molecule has 0 bridgehead atoms. The fourth-order valence-electron chi connectivity index (χ4n) is 1.97. The first kappa shape index (κ1) is 11.8. The van der Waals surface area contributed by atoms with Gasteiger partial charge in [0, 0.05) is 18.3 Å². The van der Waals surface area contributed by atoms with Crippen LogP contribution >= 0.6 is 11.8 Å². The number of rotatable bonds is 4. The van der Waals surface area contributed by atoms with E-state index in [0.717, 1.165) is 6.42 Å². The smallest absolute Gasteiger partial charge is 0.0471 e. The maximum atomic E-state index is 8.83. The summed E-state index contributed by atoms with van der Waals surface area (Å²) in [6.07, 6.45) is 3.28. The number of anilines is 1. The number of aliphatic hydroxyl groups is 1. The van der Waals surface area contributed by atoms with Crippen molar-refractivity contribution in [3.63, 3.8) is 0 Å². The van der Waals surface area contributed by atoms with Crippen LogP contribution in [0.3, 0.4) is 0 Å². The zero-order valence-electron chi connectivity index (χ0n) is 9.48. The van der Waals surface area contributed by atoms with Crippen molar-refractivity contribution in [3.05, 3.63) is 29.8 Å². The van der Waals surface area contributed by atoms with Crippen molar-refractivity contribution in [1.82, 2.24) is 0 Å². The van der Waals surface area contributed by atoms with Gasteiger partial charge in [-0.25, -0.2) is 0 Å². The lowest BCUT2D eigenvalue weighted by Crippen LogP contribution is -2.24. The third-order valence-corrected chi connectivity index (χ3v) is 4.00. The molecule has 2 N–H and O–H groups in total. The largest absolute Gasteiger partial charge is 0.396 e. The van der Waals surface area contributed by atoms with Gasteiger partial charge in [-0.05, 0) is 48.5 Å². The first-order valence-corrected chi connectivity index (χ1v) is 7.08. The van der Waals surface area contributed by atoms with Crippen LogP contribution < -0.4 is 5.32 Å². The van der Waals surface area contributed by atoms with Gasteiger partial charge in [0.15, 0.2) is 0 Å². The third kappa shape index (κ3) is 3.42. The standard InChI is InChI=1S/C13H19NOS/c15-8-5-11-1-3-12(4-2-11)14-13-6-9-16-10-7-13/h1-4,13-15H,5-10H2. The Morgan fingerprint density at radius 1 is 1.19 bits per heavy atom. The van der Waals surface area contributed by atoms with Crippen molar-refractivity contribution >= 4 is 17.4 Å². The first-order chi connectivity index (χ1) is 7.88. The van der Waals surface area contributed by atoms with Crippen LogP contribution in [0.15, 0.2) is 24.3 Å². The van der Waals surface area contributed by atoms with E-state index in [0.29, 0.717) is 6.04 Å². The van der Waals surface area contributed by atoms with Gasteiger partial charge >= 0.3 is 0 Å². The van der Waals surface area contributed by atoms with Crippen LogP contribution in [0.25, 0.3) is 0 Å². The van der Waals surface area contributed by atoms with E-state index in [-0.39, 0.29) is 6.61 Å². The Morgan fingerprint density at radius 2 is 1.88 bits per heavy atom. The Labute approximate surface area is 101 Å². The van der Waals surface area contributed by atoms with Gasteiger partial charge in [-0.2, -0.15) is 11.8 Å². The van der Waals surface area contributed by atoms with Crippen molar-refractivity contribution < 1.29 is 5.11 Å². The summed E-state index contributed by atoms with van der Waals surface area (Å²) < 4.78 is 0. The van der Waals surface area contributed by atoms with E-state index >= 15 is 0 Å². The minimum absolute atomic E-state index is 0.229. The van der Waals surface area contributed by atoms with Crippen LogP contribution in [-0.2, 0) is 6.42 Å². The van der Waals surface area contributed by atoms with Gasteiger partial charge in [0.05, 0.1) is 0 Å². The Hall–Kier alpha value is -0.670. The highest BCUT2D eigenvalue weighted by molar-refractivity contribution is 7.99. The van der Waals surface area contributed by atoms with Gasteiger partial charge < -0.3 is 10.4 Å². The van der Waals surface area contributed by atoms with E-state index in [2.05, 4.69) is 41.3 Å². The molecule has 0 radical (unpaired) electrons. The molecule has 1 fully saturated rings. The van der Waals surface area contributed by atoms with Crippen molar-refractivity contribution in [1.29, 1.82) is 0 Å². The molecule has 0 spiro atoms. The van der Waals surface area contributed by atoms with Crippen LogP contribution in [0.2, 0.25) is 0 Å². The summed E-state index contributed by atoms with van der Waals surface area (Å²) in [4.78, 5) is 0. The van der Waals surface area contributed by atoms with Gasteiger partial charge in [0.2, 0.25) is 0 Å². The summed E-state index contributed by atoms with van der Waals surface area (Å²) in [6, 6.07) is 9.07. The Bertz CT molecular complexity index is 306. The SMILES string of the molecule is OCCc1ccc(NC2CCSCC2)cc1. The molecule has 0 unspecified atom stereocenters. The quantitative estimate of drug-likeness (QED) is 0.844. The highest BCUT2D eigenvalue weighted by Gasteiger charge is 2.12. The Morgan fingerprint density at radius 3 is 2.50 bits per heavy atom. The van der Waals surface area contributed by atoms with Crippen LogP contribution in [0, 0.1) is 0 Å². The van der Waals surface area contributed by atoms with Gasteiger partial charge in [-0.3, -0.25) is 0 Å². The number of benzene rings is 1. The zero-order valence-corrected chi connectivity index (χ0v) is 10.3. The third-order valence-electron chi connectivity index (χ3n) is 2.95. The van der Waals surface area contributed by atoms with Crippen molar-refractivity contribution in [2.45, 2.75) is 25.3 Å². The Kier molecular flexibility index (Phi) is 4.55. The highest BCUT2D eigenvalue weighted by Crippen LogP contribution is 2.21. The molecular weight excluding hydrogens is 218 g/mol. The maximum absolute atomic E-state index is 8.83. The number of thioether (sulfide) groups is 1. The molecule has 1 aromatic rings.